The van der Waals surface area contributed by atoms with Crippen molar-refractivity contribution in [2.24, 2.45) is 0 Å². The lowest BCUT2D eigenvalue weighted by molar-refractivity contribution is 0.0130. The Bertz CT molecular complexity index is 1570. The fraction of sp³-hybridized carbons (Fsp3) is 0.500. The lowest BCUT2D eigenvalue weighted by atomic mass is 9.97. The largest absolute Gasteiger partial charge is 0.444 e. The van der Waals surface area contributed by atoms with E-state index in [0.29, 0.717) is 31.2 Å². The van der Waals surface area contributed by atoms with Crippen molar-refractivity contribution < 1.29 is 18.7 Å². The smallest absolute Gasteiger partial charge is 0.410 e. The summed E-state index contributed by atoms with van der Waals surface area (Å²) in [6, 6.07) is 6.49. The molecule has 8 nitrogen and oxygen atoms in total. The van der Waals surface area contributed by atoms with Gasteiger partial charge in [-0.05, 0) is 70.9 Å². The van der Waals surface area contributed by atoms with Gasteiger partial charge < -0.3 is 19.3 Å². The molecule has 2 aromatic carbocycles. The molecule has 2 aliphatic rings. The first-order valence-electron chi connectivity index (χ1n) is 13.7. The predicted octanol–water partition coefficient (Wildman–Crippen LogP) is 6.12. The normalized spacial score (nSPS) is 21.2. The van der Waals surface area contributed by atoms with Gasteiger partial charge >= 0.3 is 11.8 Å². The third-order valence-electron chi connectivity index (χ3n) is 7.62. The highest BCUT2D eigenvalue weighted by atomic mass is 35.5. The number of anilines is 1. The van der Waals surface area contributed by atoms with Gasteiger partial charge in [-0.25, -0.2) is 14.0 Å². The van der Waals surface area contributed by atoms with E-state index in [1.165, 1.54) is 6.07 Å². The van der Waals surface area contributed by atoms with E-state index < -0.39 is 11.4 Å². The number of methoxy groups -OCH3 is 1. The fourth-order valence-corrected chi connectivity index (χ4v) is 7.19. The molecule has 1 amide bonds. The number of hydrogen-bond acceptors (Lipinski definition) is 7. The number of thioether (sulfide) groups is 1. The van der Waals surface area contributed by atoms with Crippen molar-refractivity contribution in [1.82, 2.24) is 14.5 Å². The van der Waals surface area contributed by atoms with Crippen LogP contribution in [0.3, 0.4) is 0 Å². The molecule has 5 rings (SSSR count). The van der Waals surface area contributed by atoms with Crippen LogP contribution in [0.25, 0.3) is 22.0 Å². The van der Waals surface area contributed by atoms with Gasteiger partial charge in [-0.15, -0.1) is 11.8 Å². The number of aromatic nitrogens is 2. The molecule has 1 fully saturated rings. The maximum atomic E-state index is 14.1. The lowest BCUT2D eigenvalue weighted by Crippen LogP contribution is -2.59. The van der Waals surface area contributed by atoms with Crippen LogP contribution in [0.1, 0.15) is 40.2 Å². The summed E-state index contributed by atoms with van der Waals surface area (Å²) in [6.07, 6.45) is -0.541. The fourth-order valence-electron chi connectivity index (χ4n) is 5.63. The number of aryl methyl sites for hydroxylation is 1. The molecule has 0 bridgehead atoms. The molecule has 41 heavy (non-hydrogen) atoms. The van der Waals surface area contributed by atoms with Gasteiger partial charge in [0.15, 0.2) is 0 Å². The van der Waals surface area contributed by atoms with Gasteiger partial charge in [0.1, 0.15) is 17.2 Å². The highest BCUT2D eigenvalue weighted by Crippen LogP contribution is 2.44. The summed E-state index contributed by atoms with van der Waals surface area (Å²) in [5, 5.41) is 0.893. The van der Waals surface area contributed by atoms with Crippen LogP contribution in [0.15, 0.2) is 34.0 Å². The molecule has 0 saturated carbocycles. The Morgan fingerprint density at radius 1 is 1.15 bits per heavy atom. The summed E-state index contributed by atoms with van der Waals surface area (Å²) in [6.45, 7) is 12.9. The van der Waals surface area contributed by atoms with Crippen LogP contribution in [0.2, 0.25) is 5.02 Å². The second-order valence-corrected chi connectivity index (χ2v) is 13.3. The van der Waals surface area contributed by atoms with Gasteiger partial charge in [-0.3, -0.25) is 4.57 Å². The number of carbonyl (C=O) groups excluding carboxylic acids is 1. The van der Waals surface area contributed by atoms with Gasteiger partial charge in [-0.2, -0.15) is 4.98 Å². The molecule has 3 aromatic rings. The minimum Gasteiger partial charge on any atom is -0.444 e. The average molecular weight is 603 g/mol. The van der Waals surface area contributed by atoms with E-state index in [1.807, 2.05) is 41.5 Å². The molecule has 3 heterocycles. The Morgan fingerprint density at radius 3 is 2.54 bits per heavy atom. The number of amides is 1. The second kappa shape index (κ2) is 11.1. The maximum Gasteiger partial charge on any atom is 0.410 e. The Kier molecular flexibility index (Phi) is 8.04. The van der Waals surface area contributed by atoms with Crippen molar-refractivity contribution in [3.8, 4) is 11.1 Å². The molecule has 0 spiro atoms. The number of benzene rings is 2. The first-order valence-corrected chi connectivity index (χ1v) is 15.1. The number of ether oxygens (including phenoxy) is 2. The Morgan fingerprint density at radius 2 is 1.88 bits per heavy atom. The number of carbonyl (C=O) groups is 1. The highest BCUT2D eigenvalue weighted by Gasteiger charge is 2.37. The number of halogens is 2. The van der Waals surface area contributed by atoms with E-state index in [1.54, 1.807) is 40.5 Å². The molecule has 1 aromatic heterocycles. The lowest BCUT2D eigenvalue weighted by Gasteiger charge is -2.45. The summed E-state index contributed by atoms with van der Waals surface area (Å²) < 4.78 is 27.1. The molecule has 220 valence electrons. The quantitative estimate of drug-likeness (QED) is 0.357. The zero-order valence-corrected chi connectivity index (χ0v) is 26.0. The number of piperazine rings is 1. The van der Waals surface area contributed by atoms with Crippen molar-refractivity contribution in [3.63, 3.8) is 0 Å². The third kappa shape index (κ3) is 5.66. The molecule has 3 atom stereocenters. The molecular formula is C30H36ClFN4O4S. The minimum absolute atomic E-state index is 0.0427. The van der Waals surface area contributed by atoms with E-state index in [-0.39, 0.29) is 35.0 Å². The summed E-state index contributed by atoms with van der Waals surface area (Å²) in [7, 11) is 1.64. The number of rotatable bonds is 3. The van der Waals surface area contributed by atoms with Crippen LogP contribution in [0.5, 0.6) is 0 Å². The van der Waals surface area contributed by atoms with E-state index >= 15 is 0 Å². The first kappa shape index (κ1) is 29.7. The van der Waals surface area contributed by atoms with Crippen molar-refractivity contribution in [1.29, 1.82) is 0 Å². The summed E-state index contributed by atoms with van der Waals surface area (Å²) in [4.78, 5) is 36.0. The van der Waals surface area contributed by atoms with Gasteiger partial charge in [0, 0.05) is 53.9 Å². The van der Waals surface area contributed by atoms with Crippen LogP contribution in [-0.4, -0.2) is 70.3 Å². The first-order chi connectivity index (χ1) is 19.3. The number of hydrogen-bond donors (Lipinski definition) is 0. The van der Waals surface area contributed by atoms with Crippen LogP contribution < -0.4 is 10.6 Å². The van der Waals surface area contributed by atoms with Crippen molar-refractivity contribution in [2.45, 2.75) is 76.8 Å². The van der Waals surface area contributed by atoms with E-state index in [0.717, 1.165) is 32.5 Å². The molecule has 11 heteroatoms. The molecule has 1 saturated heterocycles. The molecule has 0 radical (unpaired) electrons. The monoisotopic (exact) mass is 602 g/mol. The van der Waals surface area contributed by atoms with Crippen molar-refractivity contribution in [3.05, 3.63) is 51.2 Å². The average Bonchev–Trinajstić information content (AvgIpc) is 3.09. The van der Waals surface area contributed by atoms with E-state index in [4.69, 9.17) is 21.1 Å². The standard InChI is InChI=1S/C30H36ClFN4O4S/c1-16-10-21-25-26(24(16)19-8-9-23(32)22(31)11-19)41-15-20(39-7)14-36(25)28(37)33-27(21)34-12-18(3)35(13-17(34)2)29(38)40-30(4,5)6/h8-11,17-18,20H,12-15H2,1-7H3/t17-,18+,20-/m0/s1. The molecular weight excluding hydrogens is 567 g/mol. The van der Waals surface area contributed by atoms with E-state index in [9.17, 15) is 14.0 Å². The van der Waals surface area contributed by atoms with Crippen LogP contribution >= 0.6 is 23.4 Å². The Balaban J connectivity index is 1.67. The van der Waals surface area contributed by atoms with Crippen molar-refractivity contribution in [2.75, 3.05) is 30.9 Å². The highest BCUT2D eigenvalue weighted by molar-refractivity contribution is 7.99. The van der Waals surface area contributed by atoms with Gasteiger partial charge in [-0.1, -0.05) is 17.7 Å². The van der Waals surface area contributed by atoms with Gasteiger partial charge in [0.05, 0.1) is 23.2 Å². The zero-order valence-electron chi connectivity index (χ0n) is 24.5. The molecule has 0 unspecified atom stereocenters. The minimum atomic E-state index is -0.593. The Hall–Kier alpha value is -2.82. The van der Waals surface area contributed by atoms with Crippen LogP contribution in [-0.2, 0) is 16.0 Å². The molecule has 2 aliphatic heterocycles. The van der Waals surface area contributed by atoms with Crippen LogP contribution in [0.4, 0.5) is 15.0 Å². The predicted molar refractivity (Wildman–Crippen MR) is 162 cm³/mol. The summed E-state index contributed by atoms with van der Waals surface area (Å²) in [5.41, 5.74) is 2.46. The van der Waals surface area contributed by atoms with Gasteiger partial charge in [0.25, 0.3) is 0 Å². The maximum absolute atomic E-state index is 14.1. The SMILES string of the molecule is CO[C@@H]1CSc2c(-c3ccc(F)c(Cl)c3)c(C)cc3c(N4C[C@@H](C)N(C(=O)OC(C)(C)C)C[C@@H]4C)nc(=O)n(c23)C1. The van der Waals surface area contributed by atoms with Crippen LogP contribution in [0, 0.1) is 12.7 Å². The summed E-state index contributed by atoms with van der Waals surface area (Å²) in [5.74, 6) is 0.743. The van der Waals surface area contributed by atoms with Crippen molar-refractivity contribution >= 4 is 46.2 Å². The topological polar surface area (TPSA) is 76.9 Å². The van der Waals surface area contributed by atoms with E-state index in [2.05, 4.69) is 16.0 Å². The Labute approximate surface area is 248 Å². The number of nitrogens with zero attached hydrogens (tertiary/aromatic N) is 4. The third-order valence-corrected chi connectivity index (χ3v) is 9.14. The second-order valence-electron chi connectivity index (χ2n) is 11.9. The summed E-state index contributed by atoms with van der Waals surface area (Å²) >= 11 is 7.81. The van der Waals surface area contributed by atoms with Gasteiger partial charge in [0.2, 0.25) is 0 Å². The zero-order chi connectivity index (χ0) is 29.8. The molecule has 0 N–H and O–H groups in total. The molecule has 0 aliphatic carbocycles.